The maximum Gasteiger partial charge on any atom is 0.416 e. The molecule has 1 saturated heterocycles. The number of thioether (sulfide) groups is 1. The fourth-order valence-corrected chi connectivity index (χ4v) is 4.73. The van der Waals surface area contributed by atoms with Gasteiger partial charge in [-0.05, 0) is 62.5 Å². The summed E-state index contributed by atoms with van der Waals surface area (Å²) in [6.07, 6.45) is -2.01. The molecule has 2 aromatic rings. The molecule has 1 amide bonds. The van der Waals surface area contributed by atoms with Crippen LogP contribution in [0.5, 0.6) is 5.75 Å². The second kappa shape index (κ2) is 9.27. The second-order valence-electron chi connectivity index (χ2n) is 7.79. The number of halogens is 5. The highest BCUT2D eigenvalue weighted by atomic mass is 32.2. The Bertz CT molecular complexity index is 969. The van der Waals surface area contributed by atoms with Gasteiger partial charge in [0.05, 0.1) is 23.8 Å². The summed E-state index contributed by atoms with van der Waals surface area (Å²) in [7, 11) is 3.00. The Balaban J connectivity index is 2.09. The van der Waals surface area contributed by atoms with Crippen LogP contribution in [0.2, 0.25) is 0 Å². The van der Waals surface area contributed by atoms with Gasteiger partial charge in [-0.2, -0.15) is 13.2 Å². The van der Waals surface area contributed by atoms with E-state index < -0.39 is 34.8 Å². The molecule has 1 atom stereocenters. The average molecular weight is 474 g/mol. The zero-order valence-electron chi connectivity index (χ0n) is 17.8. The summed E-state index contributed by atoms with van der Waals surface area (Å²) in [6.45, 7) is 1.01. The van der Waals surface area contributed by atoms with Crippen LogP contribution in [-0.2, 0) is 11.7 Å². The Labute approximate surface area is 187 Å². The first-order valence-corrected chi connectivity index (χ1v) is 11.0. The van der Waals surface area contributed by atoms with Gasteiger partial charge in [0.25, 0.3) is 5.91 Å². The number of likely N-dealkylation sites (N-methyl/N-ethyl adjacent to an activating group) is 1. The van der Waals surface area contributed by atoms with Gasteiger partial charge in [0.15, 0.2) is 0 Å². The first kappa shape index (κ1) is 24.3. The molecule has 0 spiro atoms. The summed E-state index contributed by atoms with van der Waals surface area (Å²) < 4.78 is 73.0. The summed E-state index contributed by atoms with van der Waals surface area (Å²) in [5, 5.41) is 2.87. The minimum absolute atomic E-state index is 0.0579. The molecule has 32 heavy (non-hydrogen) atoms. The van der Waals surface area contributed by atoms with Crippen LogP contribution in [0.15, 0.2) is 35.2 Å². The molecule has 0 aliphatic carbocycles. The van der Waals surface area contributed by atoms with Crippen LogP contribution in [0.1, 0.15) is 34.3 Å². The Morgan fingerprint density at radius 1 is 1.16 bits per heavy atom. The number of nitrogens with zero attached hydrogens (tertiary/aromatic N) is 1. The van der Waals surface area contributed by atoms with Crippen molar-refractivity contribution in [3.05, 3.63) is 58.7 Å². The Morgan fingerprint density at radius 2 is 1.81 bits per heavy atom. The maximum absolute atomic E-state index is 14.0. The number of hydrogen-bond acceptors (Lipinski definition) is 4. The SMILES string of the molecule is COc1cc(C(F)(F)F)cc(SC)c1C(=O)NC1(c2cc(F)cc(F)c2)CCCN(C)C1. The summed E-state index contributed by atoms with van der Waals surface area (Å²) in [6, 6.07) is 4.75. The second-order valence-corrected chi connectivity index (χ2v) is 8.64. The van der Waals surface area contributed by atoms with Crippen LogP contribution in [0.25, 0.3) is 0 Å². The molecule has 1 heterocycles. The third-order valence-electron chi connectivity index (χ3n) is 5.51. The smallest absolute Gasteiger partial charge is 0.416 e. The van der Waals surface area contributed by atoms with Gasteiger partial charge in [-0.15, -0.1) is 11.8 Å². The number of likely N-dealkylation sites (tertiary alicyclic amines) is 1. The largest absolute Gasteiger partial charge is 0.496 e. The molecule has 4 nitrogen and oxygen atoms in total. The van der Waals surface area contributed by atoms with Gasteiger partial charge in [0.2, 0.25) is 0 Å². The van der Waals surface area contributed by atoms with Gasteiger partial charge in [0.1, 0.15) is 17.4 Å². The van der Waals surface area contributed by atoms with Crippen LogP contribution in [0.4, 0.5) is 22.0 Å². The van der Waals surface area contributed by atoms with Crippen LogP contribution < -0.4 is 10.1 Å². The van der Waals surface area contributed by atoms with E-state index >= 15 is 0 Å². The number of rotatable bonds is 5. The molecule has 0 bridgehead atoms. The van der Waals surface area contributed by atoms with Crippen molar-refractivity contribution in [1.82, 2.24) is 10.2 Å². The number of hydrogen-bond donors (Lipinski definition) is 1. The predicted molar refractivity (Wildman–Crippen MR) is 112 cm³/mol. The van der Waals surface area contributed by atoms with Crippen molar-refractivity contribution in [2.24, 2.45) is 0 Å². The van der Waals surface area contributed by atoms with E-state index in [4.69, 9.17) is 4.74 Å². The van der Waals surface area contributed by atoms with Gasteiger partial charge in [0, 0.05) is 17.5 Å². The molecule has 1 N–H and O–H groups in total. The van der Waals surface area contributed by atoms with Crippen molar-refractivity contribution in [2.45, 2.75) is 29.5 Å². The van der Waals surface area contributed by atoms with E-state index in [1.165, 1.54) is 19.2 Å². The van der Waals surface area contributed by atoms with Gasteiger partial charge in [-0.1, -0.05) is 0 Å². The third-order valence-corrected chi connectivity index (χ3v) is 6.27. The van der Waals surface area contributed by atoms with Crippen molar-refractivity contribution in [2.75, 3.05) is 33.5 Å². The minimum atomic E-state index is -4.61. The van der Waals surface area contributed by atoms with E-state index in [0.717, 1.165) is 36.5 Å². The van der Waals surface area contributed by atoms with Crippen LogP contribution in [-0.4, -0.2) is 44.3 Å². The molecular formula is C22H23F5N2O2S. The Morgan fingerprint density at radius 3 is 2.34 bits per heavy atom. The van der Waals surface area contributed by atoms with Gasteiger partial charge in [-0.3, -0.25) is 4.79 Å². The highest BCUT2D eigenvalue weighted by Crippen LogP contribution is 2.39. The summed E-state index contributed by atoms with van der Waals surface area (Å²) in [4.78, 5) is 15.4. The van der Waals surface area contributed by atoms with E-state index in [2.05, 4.69) is 5.32 Å². The Kier molecular flexibility index (Phi) is 7.04. The van der Waals surface area contributed by atoms with E-state index in [-0.39, 0.29) is 28.3 Å². The number of alkyl halides is 3. The zero-order chi connectivity index (χ0) is 23.7. The van der Waals surface area contributed by atoms with Crippen LogP contribution >= 0.6 is 11.8 Å². The molecule has 1 unspecified atom stereocenters. The summed E-state index contributed by atoms with van der Waals surface area (Å²) >= 11 is 0.975. The maximum atomic E-state index is 14.0. The first-order valence-electron chi connectivity index (χ1n) is 9.80. The monoisotopic (exact) mass is 474 g/mol. The molecule has 1 aliphatic rings. The number of nitrogens with one attached hydrogen (secondary N) is 1. The molecule has 10 heteroatoms. The van der Waals surface area contributed by atoms with Gasteiger partial charge < -0.3 is 15.0 Å². The molecule has 2 aromatic carbocycles. The fourth-order valence-electron chi connectivity index (χ4n) is 4.09. The molecule has 174 valence electrons. The quantitative estimate of drug-likeness (QED) is 0.486. The lowest BCUT2D eigenvalue weighted by Gasteiger charge is -2.42. The van der Waals surface area contributed by atoms with Crippen molar-refractivity contribution >= 4 is 17.7 Å². The lowest BCUT2D eigenvalue weighted by molar-refractivity contribution is -0.137. The normalized spacial score (nSPS) is 19.6. The van der Waals surface area contributed by atoms with E-state index in [1.807, 2.05) is 11.9 Å². The number of benzene rings is 2. The van der Waals surface area contributed by atoms with E-state index in [1.54, 1.807) is 6.26 Å². The Hall–Kier alpha value is -2.33. The number of amides is 1. The summed E-state index contributed by atoms with van der Waals surface area (Å²) in [5.74, 6) is -2.47. The van der Waals surface area contributed by atoms with E-state index in [0.29, 0.717) is 12.8 Å². The van der Waals surface area contributed by atoms with Crippen molar-refractivity contribution in [3.8, 4) is 5.75 Å². The van der Waals surface area contributed by atoms with Crippen LogP contribution in [0, 0.1) is 11.6 Å². The van der Waals surface area contributed by atoms with Crippen LogP contribution in [0.3, 0.4) is 0 Å². The number of piperidine rings is 1. The zero-order valence-corrected chi connectivity index (χ0v) is 18.6. The summed E-state index contributed by atoms with van der Waals surface area (Å²) in [5.41, 5.74) is -1.87. The number of carbonyl (C=O) groups is 1. The minimum Gasteiger partial charge on any atom is -0.496 e. The highest BCUT2D eigenvalue weighted by Gasteiger charge is 2.40. The third kappa shape index (κ3) is 5.01. The highest BCUT2D eigenvalue weighted by molar-refractivity contribution is 7.98. The topological polar surface area (TPSA) is 41.6 Å². The molecule has 1 fully saturated rings. The average Bonchev–Trinajstić information content (AvgIpc) is 2.71. The number of carbonyl (C=O) groups excluding carboxylic acids is 1. The molecule has 0 saturated carbocycles. The standard InChI is InChI=1S/C22H23F5N2O2S/c1-29-6-4-5-21(12-29,13-7-15(23)11-16(24)8-13)28-20(30)19-17(31-2)9-14(22(25,26)27)10-18(19)32-3/h7-11H,4-6,12H2,1-3H3,(H,28,30). The van der Waals surface area contributed by atoms with Gasteiger partial charge in [-0.25, -0.2) is 8.78 Å². The van der Waals surface area contributed by atoms with Crippen molar-refractivity contribution < 1.29 is 31.5 Å². The number of methoxy groups -OCH3 is 1. The first-order chi connectivity index (χ1) is 15.0. The van der Waals surface area contributed by atoms with E-state index in [9.17, 15) is 26.7 Å². The fraction of sp³-hybridized carbons (Fsp3) is 0.409. The molecule has 3 rings (SSSR count). The number of ether oxygens (including phenoxy) is 1. The predicted octanol–water partition coefficient (Wildman–Crippen LogP) is 5.07. The van der Waals surface area contributed by atoms with Crippen molar-refractivity contribution in [3.63, 3.8) is 0 Å². The lowest BCUT2D eigenvalue weighted by Crippen LogP contribution is -2.55. The molecular weight excluding hydrogens is 451 g/mol. The van der Waals surface area contributed by atoms with Gasteiger partial charge >= 0.3 is 6.18 Å². The molecule has 0 aromatic heterocycles. The lowest BCUT2D eigenvalue weighted by atomic mass is 9.81. The molecule has 0 radical (unpaired) electrons. The molecule has 1 aliphatic heterocycles. The van der Waals surface area contributed by atoms with Crippen molar-refractivity contribution in [1.29, 1.82) is 0 Å².